The second kappa shape index (κ2) is 9.61. The van der Waals surface area contributed by atoms with Gasteiger partial charge in [-0.2, -0.15) is 0 Å². The van der Waals surface area contributed by atoms with Gasteiger partial charge in [-0.3, -0.25) is 9.59 Å². The van der Waals surface area contributed by atoms with E-state index in [9.17, 15) is 9.59 Å². The third-order valence-corrected chi connectivity index (χ3v) is 4.09. The second-order valence-corrected chi connectivity index (χ2v) is 6.74. The third kappa shape index (κ3) is 7.06. The number of ether oxygens (including phenoxy) is 1. The van der Waals surface area contributed by atoms with Gasteiger partial charge in [0.2, 0.25) is 5.91 Å². The maximum absolute atomic E-state index is 12.6. The van der Waals surface area contributed by atoms with E-state index in [0.29, 0.717) is 19.5 Å². The monoisotopic (exact) mass is 415 g/mol. The Hall–Kier alpha value is -1.37. The Morgan fingerprint density at radius 2 is 1.91 bits per heavy atom. The van der Waals surface area contributed by atoms with Crippen LogP contribution in [0, 0.1) is 0 Å². The van der Waals surface area contributed by atoms with E-state index in [-0.39, 0.29) is 22.4 Å². The number of alkyl halides is 1. The van der Waals surface area contributed by atoms with Gasteiger partial charge in [-0.15, -0.1) is 0 Å². The predicted octanol–water partition coefficient (Wildman–Crippen LogP) is 3.35. The molecule has 5 heteroatoms. The summed E-state index contributed by atoms with van der Waals surface area (Å²) in [7, 11) is 0. The third-order valence-electron chi connectivity index (χ3n) is 2.93. The first-order valence-corrected chi connectivity index (χ1v) is 8.39. The van der Waals surface area contributed by atoms with Crippen molar-refractivity contribution in [3.63, 3.8) is 0 Å². The van der Waals surface area contributed by atoms with Gasteiger partial charge in [0.15, 0.2) is 0 Å². The first kappa shape index (κ1) is 18.7. The minimum Gasteiger partial charge on any atom is -0.466 e. The lowest BCUT2D eigenvalue weighted by Crippen LogP contribution is -2.37. The molecule has 0 aliphatic rings. The normalized spacial score (nSPS) is 11.6. The van der Waals surface area contributed by atoms with E-state index >= 15 is 0 Å². The Labute approximate surface area is 145 Å². The lowest BCUT2D eigenvalue weighted by atomic mass is 10.2. The highest BCUT2D eigenvalue weighted by Crippen LogP contribution is 2.15. The SMILES string of the molecule is C=C(C)CN(Cc1ccccc1)C(=O)C(I)CCOC(C)=O. The summed E-state index contributed by atoms with van der Waals surface area (Å²) in [5.74, 6) is -0.279. The highest BCUT2D eigenvalue weighted by Gasteiger charge is 2.22. The van der Waals surface area contributed by atoms with Crippen molar-refractivity contribution in [1.82, 2.24) is 4.90 Å². The minimum absolute atomic E-state index is 0.0413. The number of hydrogen-bond donors (Lipinski definition) is 0. The molecule has 1 atom stereocenters. The molecule has 0 radical (unpaired) electrons. The van der Waals surface area contributed by atoms with E-state index in [1.807, 2.05) is 37.3 Å². The van der Waals surface area contributed by atoms with Crippen molar-refractivity contribution in [2.75, 3.05) is 13.2 Å². The average molecular weight is 415 g/mol. The molecular formula is C17H22INO3. The van der Waals surface area contributed by atoms with Crippen LogP contribution in [0.1, 0.15) is 25.8 Å². The van der Waals surface area contributed by atoms with E-state index < -0.39 is 0 Å². The van der Waals surface area contributed by atoms with Crippen molar-refractivity contribution in [3.8, 4) is 0 Å². The Morgan fingerprint density at radius 1 is 1.27 bits per heavy atom. The van der Waals surface area contributed by atoms with Crippen LogP contribution < -0.4 is 0 Å². The van der Waals surface area contributed by atoms with Gasteiger partial charge in [0.1, 0.15) is 0 Å². The summed E-state index contributed by atoms with van der Waals surface area (Å²) >= 11 is 2.11. The summed E-state index contributed by atoms with van der Waals surface area (Å²) in [6, 6.07) is 9.87. The van der Waals surface area contributed by atoms with Gasteiger partial charge in [-0.1, -0.05) is 65.1 Å². The van der Waals surface area contributed by atoms with E-state index in [2.05, 4.69) is 29.2 Å². The molecule has 1 rings (SSSR count). The molecule has 22 heavy (non-hydrogen) atoms. The molecule has 1 aromatic carbocycles. The van der Waals surface area contributed by atoms with E-state index in [4.69, 9.17) is 4.74 Å². The second-order valence-electron chi connectivity index (χ2n) is 5.23. The number of esters is 1. The van der Waals surface area contributed by atoms with Gasteiger partial charge in [-0.25, -0.2) is 0 Å². The van der Waals surface area contributed by atoms with Crippen molar-refractivity contribution in [2.45, 2.75) is 30.7 Å². The molecule has 1 aromatic rings. The van der Waals surface area contributed by atoms with Crippen LogP contribution in [0.2, 0.25) is 0 Å². The van der Waals surface area contributed by atoms with Crippen LogP contribution in [0.4, 0.5) is 0 Å². The van der Waals surface area contributed by atoms with Crippen molar-refractivity contribution in [2.24, 2.45) is 0 Å². The summed E-state index contributed by atoms with van der Waals surface area (Å²) in [5, 5.41) is 0. The molecule has 120 valence electrons. The van der Waals surface area contributed by atoms with E-state index in [1.165, 1.54) is 6.92 Å². The predicted molar refractivity (Wildman–Crippen MR) is 95.7 cm³/mol. The Kier molecular flexibility index (Phi) is 8.16. The van der Waals surface area contributed by atoms with Gasteiger partial charge in [0, 0.05) is 26.4 Å². The van der Waals surface area contributed by atoms with Crippen LogP contribution in [-0.2, 0) is 20.9 Å². The van der Waals surface area contributed by atoms with Crippen molar-refractivity contribution < 1.29 is 14.3 Å². The molecule has 1 amide bonds. The molecule has 0 spiro atoms. The van der Waals surface area contributed by atoms with Gasteiger partial charge in [-0.05, 0) is 12.5 Å². The zero-order valence-electron chi connectivity index (χ0n) is 13.0. The molecule has 0 aliphatic heterocycles. The molecule has 0 aromatic heterocycles. The van der Waals surface area contributed by atoms with Crippen LogP contribution in [0.3, 0.4) is 0 Å². The quantitative estimate of drug-likeness (QED) is 0.283. The Morgan fingerprint density at radius 3 is 2.45 bits per heavy atom. The fraction of sp³-hybridized carbons (Fsp3) is 0.412. The maximum atomic E-state index is 12.6. The standard InChI is InChI=1S/C17H22INO3/c1-13(2)11-19(12-15-7-5-4-6-8-15)17(21)16(18)9-10-22-14(3)20/h4-8,16H,1,9-12H2,2-3H3. The fourth-order valence-electron chi connectivity index (χ4n) is 1.97. The van der Waals surface area contributed by atoms with Gasteiger partial charge in [0.05, 0.1) is 10.5 Å². The molecule has 4 nitrogen and oxygen atoms in total. The largest absolute Gasteiger partial charge is 0.466 e. The molecule has 0 fully saturated rings. The number of hydrogen-bond acceptors (Lipinski definition) is 3. The highest BCUT2D eigenvalue weighted by molar-refractivity contribution is 14.1. The summed E-state index contributed by atoms with van der Waals surface area (Å²) in [6.07, 6.45) is 0.514. The maximum Gasteiger partial charge on any atom is 0.302 e. The van der Waals surface area contributed by atoms with Crippen molar-refractivity contribution in [3.05, 3.63) is 48.0 Å². The van der Waals surface area contributed by atoms with Crippen molar-refractivity contribution >= 4 is 34.5 Å². The van der Waals surface area contributed by atoms with Crippen LogP contribution in [0.15, 0.2) is 42.5 Å². The van der Waals surface area contributed by atoms with Crippen LogP contribution in [-0.4, -0.2) is 33.9 Å². The molecular weight excluding hydrogens is 393 g/mol. The Bertz CT molecular complexity index is 516. The van der Waals surface area contributed by atoms with Gasteiger partial charge in [0.25, 0.3) is 0 Å². The molecule has 0 bridgehead atoms. The van der Waals surface area contributed by atoms with Crippen LogP contribution >= 0.6 is 22.6 Å². The first-order chi connectivity index (χ1) is 10.4. The number of nitrogens with zero attached hydrogens (tertiary/aromatic N) is 1. The van der Waals surface area contributed by atoms with Gasteiger partial charge < -0.3 is 9.64 Å². The number of carbonyl (C=O) groups excluding carboxylic acids is 2. The molecule has 0 saturated carbocycles. The molecule has 1 unspecified atom stereocenters. The summed E-state index contributed by atoms with van der Waals surface area (Å²) in [4.78, 5) is 25.2. The zero-order valence-corrected chi connectivity index (χ0v) is 15.2. The topological polar surface area (TPSA) is 46.6 Å². The lowest BCUT2D eigenvalue weighted by molar-refractivity contribution is -0.141. The molecule has 0 aliphatic carbocycles. The number of halogens is 1. The number of rotatable bonds is 8. The van der Waals surface area contributed by atoms with Gasteiger partial charge >= 0.3 is 5.97 Å². The van der Waals surface area contributed by atoms with E-state index in [0.717, 1.165) is 11.1 Å². The molecule has 0 N–H and O–H groups in total. The van der Waals surface area contributed by atoms with Crippen LogP contribution in [0.25, 0.3) is 0 Å². The minimum atomic E-state index is -0.320. The zero-order chi connectivity index (χ0) is 16.5. The average Bonchev–Trinajstić information content (AvgIpc) is 2.46. The molecule has 0 heterocycles. The highest BCUT2D eigenvalue weighted by atomic mass is 127. The summed E-state index contributed by atoms with van der Waals surface area (Å²) in [5.41, 5.74) is 2.02. The Balaban J connectivity index is 2.67. The fourth-order valence-corrected chi connectivity index (χ4v) is 2.62. The first-order valence-electron chi connectivity index (χ1n) is 7.14. The molecule has 0 saturated heterocycles. The summed E-state index contributed by atoms with van der Waals surface area (Å²) < 4.78 is 4.69. The van der Waals surface area contributed by atoms with Crippen LogP contribution in [0.5, 0.6) is 0 Å². The number of carbonyl (C=O) groups is 2. The number of amides is 1. The smallest absolute Gasteiger partial charge is 0.302 e. The van der Waals surface area contributed by atoms with Crippen molar-refractivity contribution in [1.29, 1.82) is 0 Å². The van der Waals surface area contributed by atoms with E-state index in [1.54, 1.807) is 4.90 Å². The summed E-state index contributed by atoms with van der Waals surface area (Å²) in [6.45, 7) is 8.52. The number of benzene rings is 1. The lowest BCUT2D eigenvalue weighted by Gasteiger charge is -2.25.